The van der Waals surface area contributed by atoms with Gasteiger partial charge < -0.3 is 10.0 Å². The van der Waals surface area contributed by atoms with Crippen LogP contribution < -0.4 is 10.5 Å². The van der Waals surface area contributed by atoms with Gasteiger partial charge in [-0.1, -0.05) is 11.6 Å². The molecule has 1 fully saturated rings. The summed E-state index contributed by atoms with van der Waals surface area (Å²) in [6, 6.07) is 12.4. The minimum Gasteiger partial charge on any atom is -0.508 e. The SMILES string of the molecule is O=c1cc(CN2CCN(c3ccc(O)cc3)CC2)nc2ccc(Cl)cn12. The fraction of sp³-hybridized carbons (Fsp3) is 0.263. The maximum absolute atomic E-state index is 12.3. The number of phenols is 1. The molecule has 1 saturated heterocycles. The summed E-state index contributed by atoms with van der Waals surface area (Å²) in [5, 5.41) is 9.92. The molecule has 134 valence electrons. The van der Waals surface area contributed by atoms with Gasteiger partial charge >= 0.3 is 0 Å². The second-order valence-corrected chi connectivity index (χ2v) is 6.88. The summed E-state index contributed by atoms with van der Waals surface area (Å²) in [6.07, 6.45) is 1.59. The highest BCUT2D eigenvalue weighted by molar-refractivity contribution is 6.30. The maximum Gasteiger partial charge on any atom is 0.258 e. The van der Waals surface area contributed by atoms with Crippen LogP contribution in [0.15, 0.2) is 53.5 Å². The van der Waals surface area contributed by atoms with E-state index in [1.807, 2.05) is 12.1 Å². The molecule has 1 aliphatic rings. The van der Waals surface area contributed by atoms with Gasteiger partial charge in [0.25, 0.3) is 5.56 Å². The Kier molecular flexibility index (Phi) is 4.53. The van der Waals surface area contributed by atoms with E-state index in [1.165, 1.54) is 4.40 Å². The van der Waals surface area contributed by atoms with E-state index in [0.717, 1.165) is 37.6 Å². The molecule has 0 amide bonds. The highest BCUT2D eigenvalue weighted by Crippen LogP contribution is 2.20. The van der Waals surface area contributed by atoms with Crippen LogP contribution in [0.2, 0.25) is 5.02 Å². The van der Waals surface area contributed by atoms with Crippen LogP contribution in [0.5, 0.6) is 5.75 Å². The first-order valence-corrected chi connectivity index (χ1v) is 8.90. The average Bonchev–Trinajstić information content (AvgIpc) is 2.64. The van der Waals surface area contributed by atoms with Gasteiger partial charge in [0.1, 0.15) is 11.4 Å². The monoisotopic (exact) mass is 370 g/mol. The zero-order valence-electron chi connectivity index (χ0n) is 14.2. The third-order valence-electron chi connectivity index (χ3n) is 4.65. The summed E-state index contributed by atoms with van der Waals surface area (Å²) in [4.78, 5) is 21.4. The molecule has 1 aliphatic heterocycles. The number of phenolic OH excluding ortho intramolecular Hbond substituents is 1. The van der Waals surface area contributed by atoms with Gasteiger partial charge in [0.2, 0.25) is 0 Å². The summed E-state index contributed by atoms with van der Waals surface area (Å²) in [7, 11) is 0. The van der Waals surface area contributed by atoms with Gasteiger partial charge in [0.15, 0.2) is 0 Å². The molecule has 4 rings (SSSR count). The van der Waals surface area contributed by atoms with Crippen LogP contribution in [-0.4, -0.2) is 45.6 Å². The third-order valence-corrected chi connectivity index (χ3v) is 4.87. The van der Waals surface area contributed by atoms with E-state index in [0.29, 0.717) is 17.2 Å². The Balaban J connectivity index is 1.44. The Morgan fingerprint density at radius 2 is 1.77 bits per heavy atom. The van der Waals surface area contributed by atoms with Crippen LogP contribution in [0.4, 0.5) is 5.69 Å². The molecule has 0 radical (unpaired) electrons. The number of aromatic nitrogens is 2. The fourth-order valence-electron chi connectivity index (χ4n) is 3.26. The Labute approximate surface area is 155 Å². The number of hydrogen-bond acceptors (Lipinski definition) is 5. The molecular formula is C19H19ClN4O2. The molecule has 1 N–H and O–H groups in total. The van der Waals surface area contributed by atoms with Crippen molar-refractivity contribution in [1.29, 1.82) is 0 Å². The Hall–Kier alpha value is -2.57. The summed E-state index contributed by atoms with van der Waals surface area (Å²) in [5.74, 6) is 0.280. The molecule has 0 bridgehead atoms. The second-order valence-electron chi connectivity index (χ2n) is 6.44. The lowest BCUT2D eigenvalue weighted by atomic mass is 10.2. The summed E-state index contributed by atoms with van der Waals surface area (Å²) < 4.78 is 1.47. The van der Waals surface area contributed by atoms with E-state index in [4.69, 9.17) is 11.6 Å². The van der Waals surface area contributed by atoms with Gasteiger partial charge in [-0.15, -0.1) is 0 Å². The molecule has 3 aromatic rings. The smallest absolute Gasteiger partial charge is 0.258 e. The minimum absolute atomic E-state index is 0.116. The molecular weight excluding hydrogens is 352 g/mol. The summed E-state index contributed by atoms with van der Waals surface area (Å²) >= 11 is 5.94. The van der Waals surface area contributed by atoms with Crippen LogP contribution in [-0.2, 0) is 6.54 Å². The van der Waals surface area contributed by atoms with E-state index >= 15 is 0 Å². The highest BCUT2D eigenvalue weighted by Gasteiger charge is 2.18. The van der Waals surface area contributed by atoms with E-state index in [1.54, 1.807) is 36.5 Å². The van der Waals surface area contributed by atoms with Gasteiger partial charge in [-0.25, -0.2) is 4.98 Å². The first kappa shape index (κ1) is 16.9. The lowest BCUT2D eigenvalue weighted by molar-refractivity contribution is 0.247. The average molecular weight is 371 g/mol. The number of halogens is 1. The van der Waals surface area contributed by atoms with Crippen molar-refractivity contribution in [3.63, 3.8) is 0 Å². The largest absolute Gasteiger partial charge is 0.508 e. The number of hydrogen-bond donors (Lipinski definition) is 1. The topological polar surface area (TPSA) is 61.1 Å². The fourth-order valence-corrected chi connectivity index (χ4v) is 3.42. The number of fused-ring (bicyclic) bond motifs is 1. The van der Waals surface area contributed by atoms with Crippen molar-refractivity contribution < 1.29 is 5.11 Å². The molecule has 7 heteroatoms. The lowest BCUT2D eigenvalue weighted by Gasteiger charge is -2.36. The summed E-state index contributed by atoms with van der Waals surface area (Å²) in [6.45, 7) is 4.22. The van der Waals surface area contributed by atoms with Crippen LogP contribution in [0.25, 0.3) is 5.65 Å². The van der Waals surface area contributed by atoms with Crippen molar-refractivity contribution in [1.82, 2.24) is 14.3 Å². The van der Waals surface area contributed by atoms with Gasteiger partial charge in [-0.05, 0) is 36.4 Å². The second kappa shape index (κ2) is 6.97. The van der Waals surface area contributed by atoms with E-state index in [-0.39, 0.29) is 11.3 Å². The van der Waals surface area contributed by atoms with E-state index in [2.05, 4.69) is 14.8 Å². The number of benzene rings is 1. The predicted molar refractivity (Wildman–Crippen MR) is 102 cm³/mol. The third kappa shape index (κ3) is 3.52. The first-order valence-electron chi connectivity index (χ1n) is 8.53. The van der Waals surface area contributed by atoms with Crippen LogP contribution >= 0.6 is 11.6 Å². The number of nitrogens with zero attached hydrogens (tertiary/aromatic N) is 4. The molecule has 26 heavy (non-hydrogen) atoms. The van der Waals surface area contributed by atoms with Crippen molar-refractivity contribution in [2.24, 2.45) is 0 Å². The number of rotatable bonds is 3. The predicted octanol–water partition coefficient (Wildman–Crippen LogP) is 2.38. The maximum atomic E-state index is 12.3. The van der Waals surface area contributed by atoms with Crippen molar-refractivity contribution in [2.75, 3.05) is 31.1 Å². The summed E-state index contributed by atoms with van der Waals surface area (Å²) in [5.41, 5.74) is 2.38. The number of piperazine rings is 1. The molecule has 0 spiro atoms. The van der Waals surface area contributed by atoms with Crippen molar-refractivity contribution >= 4 is 22.9 Å². The molecule has 0 atom stereocenters. The highest BCUT2D eigenvalue weighted by atomic mass is 35.5. The Bertz CT molecular complexity index is 979. The lowest BCUT2D eigenvalue weighted by Crippen LogP contribution is -2.46. The molecule has 6 nitrogen and oxygen atoms in total. The molecule has 3 heterocycles. The molecule has 2 aromatic heterocycles. The van der Waals surface area contributed by atoms with Gasteiger partial charge in [-0.3, -0.25) is 14.1 Å². The molecule has 0 saturated carbocycles. The first-order chi connectivity index (χ1) is 12.6. The zero-order chi connectivity index (χ0) is 18.1. The standard InChI is InChI=1S/C19H19ClN4O2/c20-14-1-6-18-21-15(11-19(26)24(18)12-14)13-22-7-9-23(10-8-22)16-2-4-17(25)5-3-16/h1-6,11-12,25H,7-10,13H2. The van der Waals surface area contributed by atoms with Gasteiger partial charge in [0, 0.05) is 50.7 Å². The van der Waals surface area contributed by atoms with Gasteiger partial charge in [-0.2, -0.15) is 0 Å². The van der Waals surface area contributed by atoms with Crippen LogP contribution in [0, 0.1) is 0 Å². The zero-order valence-corrected chi connectivity index (χ0v) is 14.9. The van der Waals surface area contributed by atoms with E-state index < -0.39 is 0 Å². The minimum atomic E-state index is -0.116. The normalized spacial score (nSPS) is 15.5. The van der Waals surface area contributed by atoms with E-state index in [9.17, 15) is 9.90 Å². The molecule has 0 aliphatic carbocycles. The van der Waals surface area contributed by atoms with Crippen molar-refractivity contribution in [2.45, 2.75) is 6.54 Å². The number of aromatic hydroxyl groups is 1. The molecule has 1 aromatic carbocycles. The van der Waals surface area contributed by atoms with Crippen LogP contribution in [0.1, 0.15) is 5.69 Å². The number of anilines is 1. The van der Waals surface area contributed by atoms with Crippen molar-refractivity contribution in [3.05, 3.63) is 69.7 Å². The van der Waals surface area contributed by atoms with Gasteiger partial charge in [0.05, 0.1) is 10.7 Å². The Morgan fingerprint density at radius 3 is 2.50 bits per heavy atom. The quantitative estimate of drug-likeness (QED) is 0.767. The number of pyridine rings is 1. The Morgan fingerprint density at radius 1 is 1.04 bits per heavy atom. The van der Waals surface area contributed by atoms with Crippen molar-refractivity contribution in [3.8, 4) is 5.75 Å². The van der Waals surface area contributed by atoms with Crippen LogP contribution in [0.3, 0.4) is 0 Å². The molecule has 0 unspecified atom stereocenters.